The van der Waals surface area contributed by atoms with Gasteiger partial charge in [-0.2, -0.15) is 0 Å². The first kappa shape index (κ1) is 15.9. The van der Waals surface area contributed by atoms with Gasteiger partial charge in [-0.1, -0.05) is 19.1 Å². The Balaban J connectivity index is 1.86. The lowest BCUT2D eigenvalue weighted by atomic mass is 10.1. The molecule has 0 unspecified atom stereocenters. The van der Waals surface area contributed by atoms with Gasteiger partial charge in [-0.3, -0.25) is 4.79 Å². The zero-order valence-electron chi connectivity index (χ0n) is 12.1. The summed E-state index contributed by atoms with van der Waals surface area (Å²) in [6.07, 6.45) is 5.83. The molecule has 0 bridgehead atoms. The number of hydrogen-bond donors (Lipinski definition) is 2. The van der Waals surface area contributed by atoms with Gasteiger partial charge in [0.25, 0.3) is 0 Å². The Kier molecular flexibility index (Phi) is 5.43. The third kappa shape index (κ3) is 4.53. The predicted octanol–water partition coefficient (Wildman–Crippen LogP) is 2.73. The van der Waals surface area contributed by atoms with Crippen molar-refractivity contribution in [2.75, 3.05) is 0 Å². The standard InChI is InChI=1S/C16H16N2O3S/c1-2-13-9-18-15(22-13)10-17-14(19)8-5-11-3-6-12(7-4-11)16(20)21/h3-9H,2,10H2,1H3,(H,17,19)(H,20,21)/b8-5+. The molecule has 1 aromatic carbocycles. The largest absolute Gasteiger partial charge is 0.478 e. The van der Waals surface area contributed by atoms with Crippen molar-refractivity contribution in [2.24, 2.45) is 0 Å². The number of carboxylic acids is 1. The summed E-state index contributed by atoms with van der Waals surface area (Å²) in [4.78, 5) is 27.9. The molecule has 114 valence electrons. The third-order valence-electron chi connectivity index (χ3n) is 2.95. The maximum atomic E-state index is 11.7. The second-order valence-corrected chi connectivity index (χ2v) is 5.75. The van der Waals surface area contributed by atoms with Crippen LogP contribution in [0.3, 0.4) is 0 Å². The highest BCUT2D eigenvalue weighted by Crippen LogP contribution is 2.12. The number of carbonyl (C=O) groups is 2. The van der Waals surface area contributed by atoms with Crippen molar-refractivity contribution in [3.05, 3.63) is 57.6 Å². The van der Waals surface area contributed by atoms with Crippen molar-refractivity contribution in [1.29, 1.82) is 0 Å². The number of carbonyl (C=O) groups excluding carboxylic acids is 1. The van der Waals surface area contributed by atoms with Crippen molar-refractivity contribution in [3.63, 3.8) is 0 Å². The van der Waals surface area contributed by atoms with Gasteiger partial charge in [0.2, 0.25) is 5.91 Å². The van der Waals surface area contributed by atoms with Gasteiger partial charge in [-0.05, 0) is 30.2 Å². The summed E-state index contributed by atoms with van der Waals surface area (Å²) in [5.74, 6) is -1.18. The molecule has 0 aliphatic rings. The Morgan fingerprint density at radius 1 is 1.32 bits per heavy atom. The lowest BCUT2D eigenvalue weighted by Crippen LogP contribution is -2.19. The molecule has 0 fully saturated rings. The van der Waals surface area contributed by atoms with Gasteiger partial charge in [0.15, 0.2) is 0 Å². The number of nitrogens with one attached hydrogen (secondary N) is 1. The van der Waals surface area contributed by atoms with Crippen LogP contribution in [0.25, 0.3) is 6.08 Å². The Labute approximate surface area is 132 Å². The van der Waals surface area contributed by atoms with Crippen LogP contribution in [0, 0.1) is 0 Å². The minimum absolute atomic E-state index is 0.212. The van der Waals surface area contributed by atoms with E-state index in [1.165, 1.54) is 23.1 Å². The van der Waals surface area contributed by atoms with Crippen LogP contribution in [0.2, 0.25) is 0 Å². The van der Waals surface area contributed by atoms with Gasteiger partial charge < -0.3 is 10.4 Å². The predicted molar refractivity (Wildman–Crippen MR) is 85.8 cm³/mol. The smallest absolute Gasteiger partial charge is 0.335 e. The third-order valence-corrected chi connectivity index (χ3v) is 4.09. The molecule has 0 saturated heterocycles. The molecule has 0 radical (unpaired) electrons. The fourth-order valence-corrected chi connectivity index (χ4v) is 2.53. The summed E-state index contributed by atoms with van der Waals surface area (Å²) in [7, 11) is 0. The number of thiazole rings is 1. The Morgan fingerprint density at radius 3 is 2.64 bits per heavy atom. The average molecular weight is 316 g/mol. The first-order valence-corrected chi connectivity index (χ1v) is 7.63. The number of aromatic nitrogens is 1. The molecule has 1 amide bonds. The monoisotopic (exact) mass is 316 g/mol. The number of aromatic carboxylic acids is 1. The summed E-state index contributed by atoms with van der Waals surface area (Å²) in [5.41, 5.74) is 0.986. The molecule has 22 heavy (non-hydrogen) atoms. The lowest BCUT2D eigenvalue weighted by Gasteiger charge is -1.99. The first-order chi connectivity index (χ1) is 10.6. The van der Waals surface area contributed by atoms with Crippen molar-refractivity contribution in [2.45, 2.75) is 19.9 Å². The van der Waals surface area contributed by atoms with Gasteiger partial charge in [-0.25, -0.2) is 9.78 Å². The fraction of sp³-hybridized carbons (Fsp3) is 0.188. The van der Waals surface area contributed by atoms with Crippen LogP contribution >= 0.6 is 11.3 Å². The summed E-state index contributed by atoms with van der Waals surface area (Å²) in [6.45, 7) is 2.47. The molecule has 0 saturated carbocycles. The molecular weight excluding hydrogens is 300 g/mol. The molecule has 2 aromatic rings. The zero-order chi connectivity index (χ0) is 15.9. The van der Waals surface area contributed by atoms with Gasteiger partial charge in [-0.15, -0.1) is 11.3 Å². The van der Waals surface area contributed by atoms with E-state index >= 15 is 0 Å². The zero-order valence-corrected chi connectivity index (χ0v) is 12.9. The number of aryl methyl sites for hydroxylation is 1. The molecule has 0 spiro atoms. The van der Waals surface area contributed by atoms with E-state index in [0.29, 0.717) is 6.54 Å². The van der Waals surface area contributed by atoms with Gasteiger partial charge in [0.1, 0.15) is 5.01 Å². The van der Waals surface area contributed by atoms with E-state index in [0.717, 1.165) is 17.0 Å². The second kappa shape index (κ2) is 7.51. The van der Waals surface area contributed by atoms with Crippen LogP contribution in [0.5, 0.6) is 0 Å². The highest BCUT2D eigenvalue weighted by Gasteiger charge is 2.03. The molecule has 0 atom stereocenters. The number of amides is 1. The van der Waals surface area contributed by atoms with Crippen LogP contribution in [0.1, 0.15) is 32.7 Å². The van der Waals surface area contributed by atoms with Gasteiger partial charge in [0.05, 0.1) is 12.1 Å². The molecule has 2 N–H and O–H groups in total. The van der Waals surface area contributed by atoms with Crippen LogP contribution in [0.15, 0.2) is 36.5 Å². The Bertz CT molecular complexity index is 690. The highest BCUT2D eigenvalue weighted by molar-refractivity contribution is 7.11. The summed E-state index contributed by atoms with van der Waals surface area (Å²) >= 11 is 1.59. The Hall–Kier alpha value is -2.47. The maximum absolute atomic E-state index is 11.7. The van der Waals surface area contributed by atoms with Crippen molar-refractivity contribution in [1.82, 2.24) is 10.3 Å². The molecule has 1 aromatic heterocycles. The van der Waals surface area contributed by atoms with E-state index in [1.54, 1.807) is 29.5 Å². The summed E-state index contributed by atoms with van der Waals surface area (Å²) in [6, 6.07) is 6.31. The molecule has 5 nitrogen and oxygen atoms in total. The van der Waals surface area contributed by atoms with Crippen molar-refractivity contribution in [3.8, 4) is 0 Å². The van der Waals surface area contributed by atoms with Gasteiger partial charge in [0, 0.05) is 17.2 Å². The quantitative estimate of drug-likeness (QED) is 0.803. The van der Waals surface area contributed by atoms with E-state index in [-0.39, 0.29) is 11.5 Å². The number of nitrogens with zero attached hydrogens (tertiary/aromatic N) is 1. The van der Waals surface area contributed by atoms with E-state index in [9.17, 15) is 9.59 Å². The first-order valence-electron chi connectivity index (χ1n) is 6.81. The molecule has 2 rings (SSSR count). The summed E-state index contributed by atoms with van der Waals surface area (Å²) < 4.78 is 0. The van der Waals surface area contributed by atoms with E-state index in [4.69, 9.17) is 5.11 Å². The molecule has 0 aliphatic heterocycles. The lowest BCUT2D eigenvalue weighted by molar-refractivity contribution is -0.116. The van der Waals surface area contributed by atoms with E-state index < -0.39 is 5.97 Å². The summed E-state index contributed by atoms with van der Waals surface area (Å²) in [5, 5.41) is 12.4. The Morgan fingerprint density at radius 2 is 2.05 bits per heavy atom. The minimum atomic E-state index is -0.969. The molecule has 0 aliphatic carbocycles. The number of hydrogen-bond acceptors (Lipinski definition) is 4. The van der Waals surface area contributed by atoms with E-state index in [1.807, 2.05) is 6.20 Å². The maximum Gasteiger partial charge on any atom is 0.335 e. The second-order valence-electron chi connectivity index (χ2n) is 4.55. The van der Waals surface area contributed by atoms with Crippen molar-refractivity contribution >= 4 is 29.3 Å². The minimum Gasteiger partial charge on any atom is -0.478 e. The molecular formula is C16H16N2O3S. The van der Waals surface area contributed by atoms with E-state index in [2.05, 4.69) is 17.2 Å². The van der Waals surface area contributed by atoms with Crippen molar-refractivity contribution < 1.29 is 14.7 Å². The highest BCUT2D eigenvalue weighted by atomic mass is 32.1. The van der Waals surface area contributed by atoms with Crippen LogP contribution in [-0.4, -0.2) is 22.0 Å². The van der Waals surface area contributed by atoms with Gasteiger partial charge >= 0.3 is 5.97 Å². The average Bonchev–Trinajstić information content (AvgIpc) is 2.99. The number of carboxylic acid groups (broad SMARTS) is 1. The topological polar surface area (TPSA) is 79.3 Å². The van der Waals surface area contributed by atoms with Crippen LogP contribution < -0.4 is 5.32 Å². The molecule has 6 heteroatoms. The van der Waals surface area contributed by atoms with Crippen LogP contribution in [0.4, 0.5) is 0 Å². The fourth-order valence-electron chi connectivity index (χ4n) is 1.72. The molecule has 1 heterocycles. The number of benzene rings is 1. The SMILES string of the molecule is CCc1cnc(CNC(=O)/C=C/c2ccc(C(=O)O)cc2)s1. The normalized spacial score (nSPS) is 10.8. The van der Waals surface area contributed by atoms with Crippen LogP contribution in [-0.2, 0) is 17.8 Å². The number of rotatable bonds is 6.